The molecule has 14 heavy (non-hydrogen) atoms. The molecule has 72 valence electrons. The van der Waals surface area contributed by atoms with Gasteiger partial charge in [0.25, 0.3) is 0 Å². The molecule has 0 bridgehead atoms. The second kappa shape index (κ2) is 5.12. The molecule has 0 amide bonds. The van der Waals surface area contributed by atoms with Gasteiger partial charge in [0.05, 0.1) is 5.52 Å². The summed E-state index contributed by atoms with van der Waals surface area (Å²) in [7, 11) is 0. The Morgan fingerprint density at radius 1 is 1.21 bits per heavy atom. The highest BCUT2D eigenvalue weighted by molar-refractivity contribution is 5.85. The van der Waals surface area contributed by atoms with Crippen molar-refractivity contribution in [2.45, 2.75) is 13.8 Å². The molecule has 2 rings (SSSR count). The summed E-state index contributed by atoms with van der Waals surface area (Å²) >= 11 is 0. The molecular weight excluding hydrogens is 174 g/mol. The molecule has 1 aromatic heterocycles. The largest absolute Gasteiger partial charge is 0.298 e. The van der Waals surface area contributed by atoms with Crippen LogP contribution in [-0.2, 0) is 0 Å². The van der Waals surface area contributed by atoms with Gasteiger partial charge in [-0.25, -0.2) is 0 Å². The number of hydrogen-bond acceptors (Lipinski definition) is 2. The van der Waals surface area contributed by atoms with Gasteiger partial charge in [0, 0.05) is 17.1 Å². The highest BCUT2D eigenvalue weighted by Gasteiger charge is 1.94. The summed E-state index contributed by atoms with van der Waals surface area (Å²) in [4.78, 5) is 14.5. The van der Waals surface area contributed by atoms with Gasteiger partial charge >= 0.3 is 0 Å². The highest BCUT2D eigenvalue weighted by Crippen LogP contribution is 2.10. The highest BCUT2D eigenvalue weighted by atomic mass is 16.1. The van der Waals surface area contributed by atoms with Crippen LogP contribution in [0, 0.1) is 0 Å². The molecule has 0 aliphatic carbocycles. The van der Waals surface area contributed by atoms with Gasteiger partial charge in [-0.2, -0.15) is 0 Å². The number of rotatable bonds is 1. The lowest BCUT2D eigenvalue weighted by molar-refractivity contribution is 0.112. The number of fused-ring (bicyclic) bond motifs is 1. The van der Waals surface area contributed by atoms with Crippen molar-refractivity contribution in [3.8, 4) is 0 Å². The van der Waals surface area contributed by atoms with Crippen LogP contribution in [-0.4, -0.2) is 11.3 Å². The molecule has 0 N–H and O–H groups in total. The molecule has 0 fully saturated rings. The summed E-state index contributed by atoms with van der Waals surface area (Å²) in [6.07, 6.45) is 2.38. The second-order valence-corrected chi connectivity index (χ2v) is 2.58. The molecule has 0 aliphatic rings. The van der Waals surface area contributed by atoms with Crippen LogP contribution in [0.2, 0.25) is 0 Å². The van der Waals surface area contributed by atoms with E-state index in [9.17, 15) is 4.79 Å². The number of aldehydes is 1. The topological polar surface area (TPSA) is 30.0 Å². The van der Waals surface area contributed by atoms with Crippen molar-refractivity contribution in [2.75, 3.05) is 0 Å². The van der Waals surface area contributed by atoms with Crippen molar-refractivity contribution in [1.29, 1.82) is 0 Å². The molecular formula is C12H13NO. The van der Waals surface area contributed by atoms with Crippen molar-refractivity contribution in [3.05, 3.63) is 42.1 Å². The van der Waals surface area contributed by atoms with Crippen LogP contribution in [0.25, 0.3) is 10.9 Å². The predicted octanol–water partition coefficient (Wildman–Crippen LogP) is 3.07. The second-order valence-electron chi connectivity index (χ2n) is 2.58. The van der Waals surface area contributed by atoms with E-state index in [2.05, 4.69) is 4.98 Å². The van der Waals surface area contributed by atoms with Gasteiger partial charge in [0.1, 0.15) is 0 Å². The Labute approximate surface area is 83.6 Å². The van der Waals surface area contributed by atoms with E-state index in [0.29, 0.717) is 5.56 Å². The minimum Gasteiger partial charge on any atom is -0.298 e. The zero-order valence-corrected chi connectivity index (χ0v) is 8.40. The average molecular weight is 187 g/mol. The number of benzene rings is 1. The number of hydrogen-bond donors (Lipinski definition) is 0. The first-order valence-electron chi connectivity index (χ1n) is 4.70. The molecule has 0 spiro atoms. The summed E-state index contributed by atoms with van der Waals surface area (Å²) < 4.78 is 0. The van der Waals surface area contributed by atoms with Gasteiger partial charge in [0.2, 0.25) is 0 Å². The number of carbonyl (C=O) groups excluding carboxylic acids is 1. The zero-order chi connectivity index (χ0) is 10.4. The van der Waals surface area contributed by atoms with Crippen LogP contribution in [0.1, 0.15) is 24.2 Å². The summed E-state index contributed by atoms with van der Waals surface area (Å²) in [5, 5.41) is 1.00. The molecule has 0 saturated heterocycles. The third kappa shape index (κ3) is 2.16. The van der Waals surface area contributed by atoms with Crippen molar-refractivity contribution < 1.29 is 4.79 Å². The van der Waals surface area contributed by atoms with Crippen LogP contribution in [0.3, 0.4) is 0 Å². The third-order valence-corrected chi connectivity index (χ3v) is 1.75. The molecule has 2 nitrogen and oxygen atoms in total. The molecule has 0 atom stereocenters. The standard InChI is InChI=1S/C10H7NO.C2H6/c12-7-8-5-9-3-1-2-4-10(9)11-6-8;1-2/h1-7H;1-2H3. The maximum absolute atomic E-state index is 10.4. The van der Waals surface area contributed by atoms with Crippen LogP contribution < -0.4 is 0 Å². The first-order chi connectivity index (χ1) is 6.90. The smallest absolute Gasteiger partial charge is 0.151 e. The summed E-state index contributed by atoms with van der Waals surface area (Å²) in [5.74, 6) is 0. The van der Waals surface area contributed by atoms with Crippen molar-refractivity contribution in [1.82, 2.24) is 4.98 Å². The van der Waals surface area contributed by atoms with Crippen molar-refractivity contribution >= 4 is 17.2 Å². The van der Waals surface area contributed by atoms with E-state index < -0.39 is 0 Å². The van der Waals surface area contributed by atoms with Crippen molar-refractivity contribution in [2.24, 2.45) is 0 Å². The summed E-state index contributed by atoms with van der Waals surface area (Å²) in [6, 6.07) is 9.54. The zero-order valence-electron chi connectivity index (χ0n) is 8.40. The predicted molar refractivity (Wildman–Crippen MR) is 58.5 cm³/mol. The molecule has 1 aromatic carbocycles. The Morgan fingerprint density at radius 3 is 2.64 bits per heavy atom. The van der Waals surface area contributed by atoms with Crippen molar-refractivity contribution in [3.63, 3.8) is 0 Å². The van der Waals surface area contributed by atoms with E-state index >= 15 is 0 Å². The first-order valence-corrected chi connectivity index (χ1v) is 4.70. The Hall–Kier alpha value is -1.70. The minimum atomic E-state index is 0.619. The van der Waals surface area contributed by atoms with E-state index in [0.717, 1.165) is 17.2 Å². The molecule has 2 aromatic rings. The van der Waals surface area contributed by atoms with Gasteiger partial charge < -0.3 is 0 Å². The fourth-order valence-corrected chi connectivity index (χ4v) is 1.15. The van der Waals surface area contributed by atoms with Crippen LogP contribution in [0.4, 0.5) is 0 Å². The Bertz CT molecular complexity index is 423. The molecule has 1 heterocycles. The van der Waals surface area contributed by atoms with Crippen LogP contribution in [0.15, 0.2) is 36.5 Å². The average Bonchev–Trinajstić information content (AvgIpc) is 2.31. The lowest BCUT2D eigenvalue weighted by Gasteiger charge is -1.95. The van der Waals surface area contributed by atoms with Crippen LogP contribution >= 0.6 is 0 Å². The fraction of sp³-hybridized carbons (Fsp3) is 0.167. The monoisotopic (exact) mass is 187 g/mol. The van der Waals surface area contributed by atoms with Gasteiger partial charge in [-0.3, -0.25) is 9.78 Å². The van der Waals surface area contributed by atoms with Gasteiger partial charge in [-0.1, -0.05) is 32.0 Å². The Kier molecular flexibility index (Phi) is 3.80. The lowest BCUT2D eigenvalue weighted by Crippen LogP contribution is -1.83. The third-order valence-electron chi connectivity index (χ3n) is 1.75. The lowest BCUT2D eigenvalue weighted by atomic mass is 10.2. The van der Waals surface area contributed by atoms with E-state index in [-0.39, 0.29) is 0 Å². The molecule has 0 saturated carbocycles. The number of pyridine rings is 1. The molecule has 2 heteroatoms. The van der Waals surface area contributed by atoms with E-state index in [1.807, 2.05) is 44.2 Å². The Morgan fingerprint density at radius 2 is 1.93 bits per heavy atom. The maximum atomic E-state index is 10.4. The number of para-hydroxylation sites is 1. The van der Waals surface area contributed by atoms with E-state index in [4.69, 9.17) is 0 Å². The Balaban J connectivity index is 0.000000461. The molecule has 0 aliphatic heterocycles. The van der Waals surface area contributed by atoms with Gasteiger partial charge in [-0.15, -0.1) is 0 Å². The first kappa shape index (κ1) is 10.4. The molecule has 0 radical (unpaired) electrons. The fourth-order valence-electron chi connectivity index (χ4n) is 1.15. The number of carbonyl (C=O) groups is 1. The maximum Gasteiger partial charge on any atom is 0.151 e. The minimum absolute atomic E-state index is 0.619. The van der Waals surface area contributed by atoms with E-state index in [1.165, 1.54) is 0 Å². The number of aromatic nitrogens is 1. The normalized spacial score (nSPS) is 9.00. The van der Waals surface area contributed by atoms with Gasteiger partial charge in [-0.05, 0) is 12.1 Å². The summed E-state index contributed by atoms with van der Waals surface area (Å²) in [5.41, 5.74) is 1.54. The molecule has 0 unspecified atom stereocenters. The summed E-state index contributed by atoms with van der Waals surface area (Å²) in [6.45, 7) is 4.00. The SMILES string of the molecule is CC.O=Cc1cnc2ccccc2c1. The van der Waals surface area contributed by atoms with Crippen LogP contribution in [0.5, 0.6) is 0 Å². The quantitative estimate of drug-likeness (QED) is 0.642. The van der Waals surface area contributed by atoms with Gasteiger partial charge in [0.15, 0.2) is 6.29 Å². The van der Waals surface area contributed by atoms with E-state index in [1.54, 1.807) is 6.20 Å². The number of nitrogens with zero attached hydrogens (tertiary/aromatic N) is 1.